The predicted molar refractivity (Wildman–Crippen MR) is 97.2 cm³/mol. The van der Waals surface area contributed by atoms with E-state index in [1.165, 1.54) is 10.8 Å². The van der Waals surface area contributed by atoms with Crippen molar-refractivity contribution in [2.24, 2.45) is 0 Å². The second kappa shape index (κ2) is 6.16. The van der Waals surface area contributed by atoms with Gasteiger partial charge in [-0.1, -0.05) is 0 Å². The van der Waals surface area contributed by atoms with Crippen LogP contribution in [0.25, 0.3) is 10.9 Å². The number of nitrogens with one attached hydrogen (secondary N) is 1. The third-order valence-electron chi connectivity index (χ3n) is 5.92. The Labute approximate surface area is 158 Å². The Morgan fingerprint density at radius 2 is 1.96 bits per heavy atom. The lowest BCUT2D eigenvalue weighted by Gasteiger charge is -2.47. The van der Waals surface area contributed by atoms with Crippen LogP contribution in [-0.4, -0.2) is 41.0 Å². The maximum Gasteiger partial charge on any atom is 0.511 e. The van der Waals surface area contributed by atoms with Crippen molar-refractivity contribution in [2.45, 2.75) is 43.8 Å². The lowest BCUT2D eigenvalue weighted by atomic mass is 9.92. The van der Waals surface area contributed by atoms with Crippen molar-refractivity contribution in [2.75, 3.05) is 18.0 Å². The van der Waals surface area contributed by atoms with E-state index >= 15 is 8.78 Å². The molecule has 3 aliphatic heterocycles. The molecule has 9 heteroatoms. The second-order valence-corrected chi connectivity index (χ2v) is 7.73. The number of hydrogen-bond acceptors (Lipinski definition) is 5. The normalized spacial score (nSPS) is 24.0. The number of nitrogens with zero attached hydrogens (tertiary/aromatic N) is 2. The molecule has 1 aliphatic carbocycles. The number of rotatable bonds is 3. The van der Waals surface area contributed by atoms with Gasteiger partial charge in [0.05, 0.1) is 17.1 Å². The van der Waals surface area contributed by atoms with Crippen LogP contribution in [0.15, 0.2) is 17.1 Å². The van der Waals surface area contributed by atoms with Crippen molar-refractivity contribution in [3.8, 4) is 5.75 Å². The van der Waals surface area contributed by atoms with Crippen LogP contribution in [-0.2, 0) is 0 Å². The minimum absolute atomic E-state index is 0.00200. The van der Waals surface area contributed by atoms with Gasteiger partial charge in [-0.2, -0.15) is 0 Å². The van der Waals surface area contributed by atoms with Gasteiger partial charge in [0.15, 0.2) is 11.6 Å². The average Bonchev–Trinajstić information content (AvgIpc) is 3.50. The molecule has 0 spiro atoms. The largest absolute Gasteiger partial charge is 0.511 e. The molecule has 0 radical (unpaired) electrons. The smallest absolute Gasteiger partial charge is 0.449 e. The molecular formula is C19H19F2N3O4. The topological polar surface area (TPSA) is 83.8 Å². The molecule has 148 valence electrons. The second-order valence-electron chi connectivity index (χ2n) is 7.73. The molecule has 1 aromatic heterocycles. The molecule has 0 amide bonds. The lowest BCUT2D eigenvalue weighted by Crippen LogP contribution is -2.61. The molecule has 1 aromatic carbocycles. The number of piperazine rings is 1. The first-order valence-electron chi connectivity index (χ1n) is 9.41. The minimum atomic E-state index is -1.65. The van der Waals surface area contributed by atoms with E-state index in [9.17, 15) is 9.59 Å². The van der Waals surface area contributed by atoms with Crippen molar-refractivity contribution in [1.82, 2.24) is 9.88 Å². The molecular weight excluding hydrogens is 372 g/mol. The first-order chi connectivity index (χ1) is 13.4. The SMILES string of the molecule is O=C(O)Oc1cn(C2CC2)c2c(F)c(N3CC4CCC3CN4)c(F)cc2c1=O. The number of ether oxygens (including phenoxy) is 1. The van der Waals surface area contributed by atoms with Crippen LogP contribution in [0.3, 0.4) is 0 Å². The number of aromatic nitrogens is 1. The Morgan fingerprint density at radius 3 is 2.54 bits per heavy atom. The summed E-state index contributed by atoms with van der Waals surface area (Å²) in [5.41, 5.74) is -0.930. The van der Waals surface area contributed by atoms with Gasteiger partial charge < -0.3 is 24.6 Å². The van der Waals surface area contributed by atoms with Crippen LogP contribution >= 0.6 is 0 Å². The molecule has 2 atom stereocenters. The first kappa shape index (κ1) is 17.4. The molecule has 3 saturated heterocycles. The molecule has 28 heavy (non-hydrogen) atoms. The molecule has 4 heterocycles. The van der Waals surface area contributed by atoms with Gasteiger partial charge in [0, 0.05) is 31.2 Å². The van der Waals surface area contributed by atoms with E-state index < -0.39 is 29.0 Å². The summed E-state index contributed by atoms with van der Waals surface area (Å²) in [6, 6.07) is 1.14. The standard InChI is InChI=1S/C19H19F2N3O4/c20-13-5-12-16(15(21)17(13)23-7-9-1-2-11(23)6-22-9)24(10-3-4-10)8-14(18(12)25)28-19(26)27/h5,8-11,22H,1-4,6-7H2,(H,26,27). The molecule has 4 aliphatic rings. The average molecular weight is 391 g/mol. The van der Waals surface area contributed by atoms with Gasteiger partial charge in [-0.25, -0.2) is 13.6 Å². The number of halogens is 2. The van der Waals surface area contributed by atoms with Crippen LogP contribution in [0, 0.1) is 11.6 Å². The van der Waals surface area contributed by atoms with E-state index in [1.807, 2.05) is 0 Å². The molecule has 2 unspecified atom stereocenters. The molecule has 4 fully saturated rings. The van der Waals surface area contributed by atoms with Gasteiger partial charge in [0.2, 0.25) is 5.43 Å². The third kappa shape index (κ3) is 2.64. The summed E-state index contributed by atoms with van der Waals surface area (Å²) >= 11 is 0. The van der Waals surface area contributed by atoms with Gasteiger partial charge in [0.1, 0.15) is 11.5 Å². The van der Waals surface area contributed by atoms with E-state index in [2.05, 4.69) is 10.1 Å². The lowest BCUT2D eigenvalue weighted by molar-refractivity contribution is 0.143. The number of fused-ring (bicyclic) bond motifs is 4. The van der Waals surface area contributed by atoms with E-state index in [0.29, 0.717) is 13.1 Å². The van der Waals surface area contributed by atoms with Crippen molar-refractivity contribution in [1.29, 1.82) is 0 Å². The summed E-state index contributed by atoms with van der Waals surface area (Å²) in [6.07, 6.45) is 2.96. The number of pyridine rings is 1. The number of carboxylic acid groups (broad SMARTS) is 1. The zero-order chi connectivity index (χ0) is 19.6. The van der Waals surface area contributed by atoms with Gasteiger partial charge in [-0.05, 0) is 31.7 Å². The highest BCUT2D eigenvalue weighted by atomic mass is 19.1. The van der Waals surface area contributed by atoms with E-state index in [0.717, 1.165) is 31.7 Å². The number of piperidine rings is 2. The monoisotopic (exact) mass is 391 g/mol. The van der Waals surface area contributed by atoms with Gasteiger partial charge >= 0.3 is 6.16 Å². The fourth-order valence-corrected chi connectivity index (χ4v) is 4.46. The number of carbonyl (C=O) groups is 1. The maximum absolute atomic E-state index is 15.6. The number of anilines is 1. The summed E-state index contributed by atoms with van der Waals surface area (Å²) < 4.78 is 36.7. The molecule has 6 rings (SSSR count). The summed E-state index contributed by atoms with van der Waals surface area (Å²) in [6.45, 7) is 1.18. The van der Waals surface area contributed by atoms with Crippen LogP contribution in [0.1, 0.15) is 31.7 Å². The van der Waals surface area contributed by atoms with Crippen molar-refractivity contribution in [3.05, 3.63) is 34.1 Å². The van der Waals surface area contributed by atoms with Crippen LogP contribution in [0.2, 0.25) is 0 Å². The zero-order valence-electron chi connectivity index (χ0n) is 15.0. The Balaban J connectivity index is 1.73. The van der Waals surface area contributed by atoms with Gasteiger partial charge in [0.25, 0.3) is 0 Å². The zero-order valence-corrected chi connectivity index (χ0v) is 15.0. The fourth-order valence-electron chi connectivity index (χ4n) is 4.46. The van der Waals surface area contributed by atoms with Crippen LogP contribution in [0.4, 0.5) is 19.3 Å². The van der Waals surface area contributed by atoms with E-state index in [4.69, 9.17) is 5.11 Å². The summed E-state index contributed by atoms with van der Waals surface area (Å²) in [5.74, 6) is -2.03. The number of hydrogen-bond donors (Lipinski definition) is 2. The highest BCUT2D eigenvalue weighted by Gasteiger charge is 2.37. The summed E-state index contributed by atoms with van der Waals surface area (Å²) in [7, 11) is 0. The molecule has 2 bridgehead atoms. The quantitative estimate of drug-likeness (QED) is 0.783. The molecule has 2 aromatic rings. The Kier molecular flexibility index (Phi) is 3.84. The Hall–Kier alpha value is -2.68. The molecule has 1 saturated carbocycles. The third-order valence-corrected chi connectivity index (χ3v) is 5.92. The predicted octanol–water partition coefficient (Wildman–Crippen LogP) is 2.61. The van der Waals surface area contributed by atoms with E-state index in [-0.39, 0.29) is 34.7 Å². The van der Waals surface area contributed by atoms with Crippen LogP contribution in [0.5, 0.6) is 5.75 Å². The molecule has 7 nitrogen and oxygen atoms in total. The Morgan fingerprint density at radius 1 is 1.21 bits per heavy atom. The minimum Gasteiger partial charge on any atom is -0.449 e. The van der Waals surface area contributed by atoms with Gasteiger partial charge in [-0.3, -0.25) is 4.79 Å². The summed E-state index contributed by atoms with van der Waals surface area (Å²) in [5, 5.41) is 12.0. The van der Waals surface area contributed by atoms with E-state index in [1.54, 1.807) is 4.90 Å². The fraction of sp³-hybridized carbons (Fsp3) is 0.474. The van der Waals surface area contributed by atoms with Crippen LogP contribution < -0.4 is 20.4 Å². The molecule has 2 N–H and O–H groups in total. The first-order valence-corrected chi connectivity index (χ1v) is 9.41. The summed E-state index contributed by atoms with van der Waals surface area (Å²) in [4.78, 5) is 25.3. The highest BCUT2D eigenvalue weighted by Crippen LogP contribution is 2.41. The Bertz CT molecular complexity index is 1040. The van der Waals surface area contributed by atoms with Crippen molar-refractivity contribution in [3.63, 3.8) is 0 Å². The highest BCUT2D eigenvalue weighted by molar-refractivity contribution is 5.86. The van der Waals surface area contributed by atoms with Gasteiger partial charge in [-0.15, -0.1) is 0 Å². The maximum atomic E-state index is 15.6. The van der Waals surface area contributed by atoms with Crippen molar-refractivity contribution < 1.29 is 23.4 Å². The van der Waals surface area contributed by atoms with Crippen molar-refractivity contribution >= 4 is 22.7 Å². The number of benzene rings is 1.